The highest BCUT2D eigenvalue weighted by Gasteiger charge is 2.15. The number of aliphatic carboxylic acids is 2. The summed E-state index contributed by atoms with van der Waals surface area (Å²) in [6, 6.07) is 5.09. The van der Waals surface area contributed by atoms with E-state index >= 15 is 0 Å². The van der Waals surface area contributed by atoms with E-state index in [0.29, 0.717) is 5.82 Å². The van der Waals surface area contributed by atoms with Crippen LogP contribution < -0.4 is 5.32 Å². The van der Waals surface area contributed by atoms with Crippen molar-refractivity contribution >= 4 is 17.8 Å². The van der Waals surface area contributed by atoms with Crippen molar-refractivity contribution in [1.29, 1.82) is 0 Å². The number of hydrogen-bond donors (Lipinski definition) is 3. The number of aryl methyl sites for hydroxylation is 1. The summed E-state index contributed by atoms with van der Waals surface area (Å²) in [5.74, 6) is -2.62. The molecule has 0 radical (unpaired) electrons. The Morgan fingerprint density at radius 1 is 1.31 bits per heavy atom. The number of nitrogens with zero attached hydrogens (tertiary/aromatic N) is 1. The minimum absolute atomic E-state index is 0.389. The predicted octanol–water partition coefficient (Wildman–Crippen LogP) is 0.855. The lowest BCUT2D eigenvalue weighted by Gasteiger charge is -2.01. The van der Waals surface area contributed by atoms with E-state index in [1.807, 2.05) is 0 Å². The molecule has 1 heterocycles. The van der Waals surface area contributed by atoms with Crippen molar-refractivity contribution in [1.82, 2.24) is 4.98 Å². The van der Waals surface area contributed by atoms with Crippen molar-refractivity contribution in [2.75, 3.05) is 5.32 Å². The summed E-state index contributed by atoms with van der Waals surface area (Å²) in [5, 5.41) is 19.6. The number of nitrogens with one attached hydrogen (secondary N) is 1. The lowest BCUT2D eigenvalue weighted by atomic mass is 10.3. The van der Waals surface area contributed by atoms with Crippen LogP contribution in [0.3, 0.4) is 0 Å². The summed E-state index contributed by atoms with van der Waals surface area (Å²) in [6.45, 7) is 1.77. The Labute approximate surface area is 91.2 Å². The van der Waals surface area contributed by atoms with Crippen molar-refractivity contribution in [2.45, 2.75) is 6.92 Å². The normalized spacial score (nSPS) is 9.31. The first-order chi connectivity index (χ1) is 7.50. The minimum atomic E-state index is -1.51. The van der Waals surface area contributed by atoms with E-state index in [2.05, 4.69) is 10.3 Å². The van der Waals surface area contributed by atoms with E-state index in [1.54, 1.807) is 25.1 Å². The molecule has 0 aliphatic heterocycles. The highest BCUT2D eigenvalue weighted by atomic mass is 16.4. The number of rotatable bonds is 4. The van der Waals surface area contributed by atoms with Crippen LogP contribution in [0.1, 0.15) is 5.69 Å². The first-order valence-electron chi connectivity index (χ1n) is 4.37. The second kappa shape index (κ2) is 4.92. The smallest absolute Gasteiger partial charge is 0.344 e. The molecule has 3 N–H and O–H groups in total. The zero-order valence-corrected chi connectivity index (χ0v) is 8.47. The molecule has 6 heteroatoms. The largest absolute Gasteiger partial charge is 0.477 e. The molecule has 0 aliphatic carbocycles. The van der Waals surface area contributed by atoms with Gasteiger partial charge in [0, 0.05) is 11.9 Å². The van der Waals surface area contributed by atoms with E-state index in [9.17, 15) is 9.59 Å². The number of carboxylic acids is 2. The Hall–Kier alpha value is -2.37. The van der Waals surface area contributed by atoms with Crippen LogP contribution in [-0.2, 0) is 9.59 Å². The van der Waals surface area contributed by atoms with Crippen LogP contribution in [0.5, 0.6) is 0 Å². The molecule has 0 unspecified atom stereocenters. The second-order valence-corrected chi connectivity index (χ2v) is 2.98. The quantitative estimate of drug-likeness (QED) is 0.397. The maximum Gasteiger partial charge on any atom is 0.344 e. The third-order valence-electron chi connectivity index (χ3n) is 1.71. The molecular formula is C10H10N2O4. The van der Waals surface area contributed by atoms with Gasteiger partial charge in [-0.05, 0) is 19.1 Å². The van der Waals surface area contributed by atoms with E-state index in [1.165, 1.54) is 0 Å². The summed E-state index contributed by atoms with van der Waals surface area (Å²) < 4.78 is 0. The number of hydrogen-bond acceptors (Lipinski definition) is 4. The van der Waals surface area contributed by atoms with Crippen LogP contribution >= 0.6 is 0 Å². The third kappa shape index (κ3) is 3.09. The van der Waals surface area contributed by atoms with Gasteiger partial charge in [0.05, 0.1) is 0 Å². The van der Waals surface area contributed by atoms with E-state index < -0.39 is 17.5 Å². The van der Waals surface area contributed by atoms with Crippen LogP contribution in [0.2, 0.25) is 0 Å². The Kier molecular flexibility index (Phi) is 3.60. The summed E-state index contributed by atoms with van der Waals surface area (Å²) in [4.78, 5) is 25.1. The average molecular weight is 222 g/mol. The highest BCUT2D eigenvalue weighted by Crippen LogP contribution is 2.05. The summed E-state index contributed by atoms with van der Waals surface area (Å²) >= 11 is 0. The summed E-state index contributed by atoms with van der Waals surface area (Å²) in [7, 11) is 0. The Bertz CT molecular complexity index is 438. The molecule has 0 amide bonds. The Morgan fingerprint density at radius 2 is 1.94 bits per heavy atom. The molecule has 0 fully saturated rings. The highest BCUT2D eigenvalue weighted by molar-refractivity contribution is 6.12. The van der Waals surface area contributed by atoms with Gasteiger partial charge in [-0.2, -0.15) is 0 Å². The van der Waals surface area contributed by atoms with Crippen molar-refractivity contribution < 1.29 is 19.8 Å². The zero-order valence-electron chi connectivity index (χ0n) is 8.47. The van der Waals surface area contributed by atoms with E-state index in [0.717, 1.165) is 11.9 Å². The Balaban J connectivity index is 2.85. The maximum absolute atomic E-state index is 10.5. The van der Waals surface area contributed by atoms with Gasteiger partial charge in [0.2, 0.25) is 0 Å². The number of aromatic nitrogens is 1. The van der Waals surface area contributed by atoms with Gasteiger partial charge in [0.25, 0.3) is 0 Å². The SMILES string of the molecule is Cc1cccc(NC=C(C(=O)O)C(=O)O)n1. The van der Waals surface area contributed by atoms with Crippen molar-refractivity contribution in [3.8, 4) is 0 Å². The fraction of sp³-hybridized carbons (Fsp3) is 0.100. The van der Waals surface area contributed by atoms with Gasteiger partial charge in [-0.25, -0.2) is 14.6 Å². The van der Waals surface area contributed by atoms with Gasteiger partial charge >= 0.3 is 11.9 Å². The fourth-order valence-electron chi connectivity index (χ4n) is 0.984. The first kappa shape index (κ1) is 11.7. The molecular weight excluding hydrogens is 212 g/mol. The van der Waals surface area contributed by atoms with Crippen LogP contribution in [0.25, 0.3) is 0 Å². The molecule has 84 valence electrons. The van der Waals surface area contributed by atoms with Crippen LogP contribution in [-0.4, -0.2) is 27.1 Å². The van der Waals surface area contributed by atoms with Crippen LogP contribution in [0, 0.1) is 6.92 Å². The maximum atomic E-state index is 10.5. The molecule has 0 aliphatic rings. The fourth-order valence-corrected chi connectivity index (χ4v) is 0.984. The monoisotopic (exact) mass is 222 g/mol. The van der Waals surface area contributed by atoms with Crippen molar-refractivity contribution in [3.05, 3.63) is 35.7 Å². The summed E-state index contributed by atoms with van der Waals surface area (Å²) in [5.41, 5.74) is -0.00564. The number of pyridine rings is 1. The average Bonchev–Trinajstić information content (AvgIpc) is 2.16. The molecule has 1 aromatic rings. The predicted molar refractivity (Wildman–Crippen MR) is 56.0 cm³/mol. The van der Waals surface area contributed by atoms with E-state index in [-0.39, 0.29) is 0 Å². The first-order valence-corrected chi connectivity index (χ1v) is 4.37. The molecule has 1 rings (SSSR count). The van der Waals surface area contributed by atoms with Crippen LogP contribution in [0.4, 0.5) is 5.82 Å². The second-order valence-electron chi connectivity index (χ2n) is 2.98. The third-order valence-corrected chi connectivity index (χ3v) is 1.71. The van der Waals surface area contributed by atoms with Gasteiger partial charge < -0.3 is 15.5 Å². The topological polar surface area (TPSA) is 99.5 Å². The zero-order chi connectivity index (χ0) is 12.1. The molecule has 0 atom stereocenters. The van der Waals surface area contributed by atoms with Gasteiger partial charge in [-0.15, -0.1) is 0 Å². The molecule has 0 saturated heterocycles. The molecule has 6 nitrogen and oxygen atoms in total. The molecule has 0 saturated carbocycles. The Morgan fingerprint density at radius 3 is 2.44 bits per heavy atom. The summed E-state index contributed by atoms with van der Waals surface area (Å²) in [6.07, 6.45) is 0.895. The van der Waals surface area contributed by atoms with Gasteiger partial charge in [0.1, 0.15) is 5.82 Å². The molecule has 1 aromatic heterocycles. The molecule has 16 heavy (non-hydrogen) atoms. The minimum Gasteiger partial charge on any atom is -0.477 e. The number of carboxylic acid groups (broad SMARTS) is 2. The van der Waals surface area contributed by atoms with Gasteiger partial charge in [-0.3, -0.25) is 0 Å². The van der Waals surface area contributed by atoms with Crippen molar-refractivity contribution in [2.24, 2.45) is 0 Å². The van der Waals surface area contributed by atoms with Crippen molar-refractivity contribution in [3.63, 3.8) is 0 Å². The standard InChI is InChI=1S/C10H10N2O4/c1-6-3-2-4-8(12-6)11-5-7(9(13)14)10(15)16/h2-5H,1H3,(H,11,12)(H,13,14)(H,15,16). The molecule has 0 bridgehead atoms. The van der Waals surface area contributed by atoms with Gasteiger partial charge in [0.15, 0.2) is 5.57 Å². The number of carbonyl (C=O) groups is 2. The number of anilines is 1. The lowest BCUT2D eigenvalue weighted by molar-refractivity contribution is -0.140. The molecule has 0 spiro atoms. The molecule has 0 aromatic carbocycles. The van der Waals surface area contributed by atoms with E-state index in [4.69, 9.17) is 10.2 Å². The van der Waals surface area contributed by atoms with Gasteiger partial charge in [-0.1, -0.05) is 6.07 Å². The van der Waals surface area contributed by atoms with Crippen LogP contribution in [0.15, 0.2) is 30.0 Å². The lowest BCUT2D eigenvalue weighted by Crippen LogP contribution is -2.13.